The number of rotatable bonds is 4. The zero-order chi connectivity index (χ0) is 22.3. The molecule has 0 aromatic heterocycles. The first-order chi connectivity index (χ1) is 14.8. The Kier molecular flexibility index (Phi) is 5.54. The normalized spacial score (nSPS) is 17.6. The lowest BCUT2D eigenvalue weighted by Crippen LogP contribution is -2.38. The smallest absolute Gasteiger partial charge is 0.282 e. The van der Waals surface area contributed by atoms with E-state index in [1.54, 1.807) is 25.1 Å². The van der Waals surface area contributed by atoms with Gasteiger partial charge in [-0.05, 0) is 67.1 Å². The predicted molar refractivity (Wildman–Crippen MR) is 119 cm³/mol. The molecule has 2 aromatic carbocycles. The van der Waals surface area contributed by atoms with Crippen molar-refractivity contribution in [3.8, 4) is 0 Å². The number of hydrogen-bond acceptors (Lipinski definition) is 5. The second kappa shape index (κ2) is 8.15. The fourth-order valence-corrected chi connectivity index (χ4v) is 4.37. The molecule has 160 valence electrons. The van der Waals surface area contributed by atoms with Gasteiger partial charge in [0.2, 0.25) is 0 Å². The summed E-state index contributed by atoms with van der Waals surface area (Å²) in [6.07, 6.45) is 1.86. The van der Waals surface area contributed by atoms with Crippen molar-refractivity contribution >= 4 is 40.4 Å². The van der Waals surface area contributed by atoms with Gasteiger partial charge in [-0.2, -0.15) is 0 Å². The molecule has 7 nitrogen and oxygen atoms in total. The predicted octanol–water partition coefficient (Wildman–Crippen LogP) is 4.57. The van der Waals surface area contributed by atoms with Gasteiger partial charge in [0, 0.05) is 30.2 Å². The lowest BCUT2D eigenvalue weighted by molar-refractivity contribution is -0.384. The first-order valence-electron chi connectivity index (χ1n) is 10.2. The molecule has 0 saturated carbocycles. The van der Waals surface area contributed by atoms with E-state index < -0.39 is 10.8 Å². The maximum atomic E-state index is 13.6. The Morgan fingerprint density at radius 3 is 2.26 bits per heavy atom. The summed E-state index contributed by atoms with van der Waals surface area (Å²) >= 11 is 6.06. The van der Waals surface area contributed by atoms with E-state index >= 15 is 0 Å². The van der Waals surface area contributed by atoms with E-state index in [1.165, 1.54) is 29.2 Å². The minimum atomic E-state index is -0.490. The molecule has 2 aromatic rings. The Hall–Kier alpha value is -3.19. The average Bonchev–Trinajstić information content (AvgIpc) is 2.99. The molecule has 2 aliphatic rings. The number of nitro benzene ring substituents is 1. The fraction of sp³-hybridized carbons (Fsp3) is 0.304. The highest BCUT2D eigenvalue weighted by atomic mass is 35.5. The van der Waals surface area contributed by atoms with Crippen LogP contribution in [0, 0.1) is 23.0 Å². The van der Waals surface area contributed by atoms with Gasteiger partial charge >= 0.3 is 0 Å². The molecular formula is C23H22ClN3O4. The van der Waals surface area contributed by atoms with Gasteiger partial charge < -0.3 is 4.90 Å². The van der Waals surface area contributed by atoms with Crippen LogP contribution in [-0.2, 0) is 9.59 Å². The Labute approximate surface area is 185 Å². The van der Waals surface area contributed by atoms with Crippen molar-refractivity contribution in [2.24, 2.45) is 5.92 Å². The molecular weight excluding hydrogens is 418 g/mol. The first kappa shape index (κ1) is 21.1. The molecule has 0 radical (unpaired) electrons. The summed E-state index contributed by atoms with van der Waals surface area (Å²) in [6.45, 7) is 5.33. The van der Waals surface area contributed by atoms with Crippen LogP contribution in [0.3, 0.4) is 0 Å². The molecule has 0 aliphatic carbocycles. The largest absolute Gasteiger partial charge is 0.366 e. The van der Waals surface area contributed by atoms with Crippen LogP contribution in [0.4, 0.5) is 11.4 Å². The van der Waals surface area contributed by atoms with Gasteiger partial charge in [0.1, 0.15) is 5.70 Å². The molecule has 2 aliphatic heterocycles. The van der Waals surface area contributed by atoms with E-state index in [0.717, 1.165) is 12.8 Å². The van der Waals surface area contributed by atoms with E-state index in [-0.39, 0.29) is 17.2 Å². The van der Waals surface area contributed by atoms with E-state index in [4.69, 9.17) is 11.6 Å². The summed E-state index contributed by atoms with van der Waals surface area (Å²) in [5, 5.41) is 11.6. The van der Waals surface area contributed by atoms with Crippen molar-refractivity contribution in [2.45, 2.75) is 26.7 Å². The van der Waals surface area contributed by atoms with Crippen LogP contribution in [0.1, 0.15) is 30.9 Å². The summed E-state index contributed by atoms with van der Waals surface area (Å²) in [6, 6.07) is 10.8. The number of benzene rings is 2. The van der Waals surface area contributed by atoms with Gasteiger partial charge in [-0.15, -0.1) is 0 Å². The standard InChI is InChI=1S/C23H22ClN3O4/c1-14-9-11-25(12-10-14)21-20(16-3-6-18(7-4-16)27(30)31)22(28)26(23(21)29)19-8-5-17(24)13-15(19)2/h3-8,13-14H,9-12H2,1-2H3. The second-order valence-electron chi connectivity index (χ2n) is 8.07. The Morgan fingerprint density at radius 2 is 1.68 bits per heavy atom. The zero-order valence-electron chi connectivity index (χ0n) is 17.3. The molecule has 8 heteroatoms. The third kappa shape index (κ3) is 3.81. The number of likely N-dealkylation sites (tertiary alicyclic amines) is 1. The maximum absolute atomic E-state index is 13.6. The molecule has 2 heterocycles. The molecule has 1 saturated heterocycles. The summed E-state index contributed by atoms with van der Waals surface area (Å²) in [5.74, 6) is -0.252. The number of non-ortho nitro benzene ring substituents is 1. The number of anilines is 1. The maximum Gasteiger partial charge on any atom is 0.282 e. The van der Waals surface area contributed by atoms with Gasteiger partial charge in [-0.1, -0.05) is 18.5 Å². The topological polar surface area (TPSA) is 83.8 Å². The number of nitro groups is 1. The monoisotopic (exact) mass is 439 g/mol. The molecule has 0 N–H and O–H groups in total. The van der Waals surface area contributed by atoms with Gasteiger partial charge in [0.25, 0.3) is 17.5 Å². The zero-order valence-corrected chi connectivity index (χ0v) is 18.1. The molecule has 0 bridgehead atoms. The third-order valence-electron chi connectivity index (χ3n) is 5.93. The van der Waals surface area contributed by atoms with Crippen LogP contribution in [0.2, 0.25) is 5.02 Å². The summed E-state index contributed by atoms with van der Waals surface area (Å²) in [5.41, 5.74) is 2.26. The van der Waals surface area contributed by atoms with Crippen LogP contribution in [0.5, 0.6) is 0 Å². The minimum Gasteiger partial charge on any atom is -0.366 e. The number of hydrogen-bond donors (Lipinski definition) is 0. The summed E-state index contributed by atoms with van der Waals surface area (Å²) in [7, 11) is 0. The lowest BCUT2D eigenvalue weighted by atomic mass is 9.97. The quantitative estimate of drug-likeness (QED) is 0.395. The highest BCUT2D eigenvalue weighted by Crippen LogP contribution is 2.38. The van der Waals surface area contributed by atoms with Crippen molar-refractivity contribution in [3.05, 3.63) is 74.4 Å². The van der Waals surface area contributed by atoms with E-state index in [9.17, 15) is 19.7 Å². The van der Waals surface area contributed by atoms with Crippen molar-refractivity contribution in [3.63, 3.8) is 0 Å². The number of carbonyl (C=O) groups is 2. The molecule has 0 atom stereocenters. The Balaban J connectivity index is 1.82. The molecule has 0 unspecified atom stereocenters. The van der Waals surface area contributed by atoms with E-state index in [0.29, 0.717) is 46.5 Å². The molecule has 4 rings (SSSR count). The van der Waals surface area contributed by atoms with Gasteiger partial charge in [0.15, 0.2) is 0 Å². The van der Waals surface area contributed by atoms with Gasteiger partial charge in [-0.25, -0.2) is 4.90 Å². The third-order valence-corrected chi connectivity index (χ3v) is 6.16. The summed E-state index contributed by atoms with van der Waals surface area (Å²) in [4.78, 5) is 40.8. The second-order valence-corrected chi connectivity index (χ2v) is 8.51. The molecule has 2 amide bonds. The van der Waals surface area contributed by atoms with Crippen LogP contribution in [-0.4, -0.2) is 34.7 Å². The van der Waals surface area contributed by atoms with E-state index in [2.05, 4.69) is 6.92 Å². The number of nitrogens with zero attached hydrogens (tertiary/aromatic N) is 3. The first-order valence-corrected chi connectivity index (χ1v) is 10.5. The van der Waals surface area contributed by atoms with Crippen LogP contribution in [0.25, 0.3) is 5.57 Å². The SMILES string of the molecule is Cc1cc(Cl)ccc1N1C(=O)C(c2ccc([N+](=O)[O-])cc2)=C(N2CCC(C)CC2)C1=O. The number of halogens is 1. The average molecular weight is 440 g/mol. The van der Waals surface area contributed by atoms with Gasteiger partial charge in [0.05, 0.1) is 16.2 Å². The lowest BCUT2D eigenvalue weighted by Gasteiger charge is -2.32. The molecule has 0 spiro atoms. The van der Waals surface area contributed by atoms with Crippen LogP contribution >= 0.6 is 11.6 Å². The van der Waals surface area contributed by atoms with Crippen LogP contribution in [0.15, 0.2) is 48.2 Å². The molecule has 1 fully saturated rings. The van der Waals surface area contributed by atoms with Crippen molar-refractivity contribution in [2.75, 3.05) is 18.0 Å². The van der Waals surface area contributed by atoms with Crippen molar-refractivity contribution in [1.29, 1.82) is 0 Å². The number of amides is 2. The highest BCUT2D eigenvalue weighted by Gasteiger charge is 2.43. The van der Waals surface area contributed by atoms with Gasteiger partial charge in [-0.3, -0.25) is 19.7 Å². The number of piperidine rings is 1. The number of imide groups is 1. The minimum absolute atomic E-state index is 0.0696. The van der Waals surface area contributed by atoms with E-state index in [1.807, 2.05) is 4.90 Å². The number of carbonyl (C=O) groups excluding carboxylic acids is 2. The van der Waals surface area contributed by atoms with Crippen molar-refractivity contribution in [1.82, 2.24) is 4.90 Å². The highest BCUT2D eigenvalue weighted by molar-refractivity contribution is 6.45. The van der Waals surface area contributed by atoms with Crippen molar-refractivity contribution < 1.29 is 14.5 Å². The van der Waals surface area contributed by atoms with Crippen LogP contribution < -0.4 is 4.90 Å². The fourth-order valence-electron chi connectivity index (χ4n) is 4.14. The Bertz CT molecular complexity index is 1100. The molecule has 31 heavy (non-hydrogen) atoms. The number of aryl methyl sites for hydroxylation is 1. The summed E-state index contributed by atoms with van der Waals surface area (Å²) < 4.78 is 0. The Morgan fingerprint density at radius 1 is 1.03 bits per heavy atom.